The van der Waals surface area contributed by atoms with Crippen LogP contribution in [0, 0.1) is 17.1 Å². The van der Waals surface area contributed by atoms with Crippen LogP contribution in [-0.4, -0.2) is 40.1 Å². The molecule has 2 aromatic rings. The molecule has 2 aromatic carbocycles. The summed E-state index contributed by atoms with van der Waals surface area (Å²) in [6, 6.07) is 14.0. The normalized spacial score (nSPS) is 16.0. The predicted octanol–water partition coefficient (Wildman–Crippen LogP) is 3.33. The Kier molecular flexibility index (Phi) is 6.37. The van der Waals surface area contributed by atoms with Gasteiger partial charge in [0.05, 0.1) is 23.3 Å². The summed E-state index contributed by atoms with van der Waals surface area (Å²) < 4.78 is 12.9. The Bertz CT molecular complexity index is 866. The molecule has 138 valence electrons. The highest BCUT2D eigenvalue weighted by atomic mass is 32.2. The number of nitrogens with one attached hydrogen (secondary N) is 1. The average Bonchev–Trinajstić information content (AvgIpc) is 3.18. The van der Waals surface area contributed by atoms with Crippen LogP contribution in [0.15, 0.2) is 53.4 Å². The molecule has 1 heterocycles. The largest absolute Gasteiger partial charge is 0.324 e. The second kappa shape index (κ2) is 8.93. The van der Waals surface area contributed by atoms with Crippen molar-refractivity contribution in [3.05, 3.63) is 59.9 Å². The fourth-order valence-electron chi connectivity index (χ4n) is 2.52. The summed E-state index contributed by atoms with van der Waals surface area (Å²) >= 11 is 2.85. The summed E-state index contributed by atoms with van der Waals surface area (Å²) in [6.45, 7) is 0. The Balaban J connectivity index is 1.58. The Morgan fingerprint density at radius 1 is 1.22 bits per heavy atom. The summed E-state index contributed by atoms with van der Waals surface area (Å²) in [7, 11) is 0. The molecule has 0 aliphatic carbocycles. The molecule has 2 amide bonds. The van der Waals surface area contributed by atoms with Gasteiger partial charge in [0.15, 0.2) is 0 Å². The van der Waals surface area contributed by atoms with Gasteiger partial charge < -0.3 is 10.2 Å². The van der Waals surface area contributed by atoms with Crippen LogP contribution in [0.4, 0.5) is 10.1 Å². The van der Waals surface area contributed by atoms with E-state index in [0.717, 1.165) is 4.90 Å². The smallest absolute Gasteiger partial charge is 0.248 e. The quantitative estimate of drug-likeness (QED) is 0.778. The van der Waals surface area contributed by atoms with Crippen molar-refractivity contribution in [2.45, 2.75) is 10.9 Å². The maximum atomic E-state index is 12.9. The van der Waals surface area contributed by atoms with Gasteiger partial charge in [0.2, 0.25) is 11.8 Å². The van der Waals surface area contributed by atoms with Crippen molar-refractivity contribution < 1.29 is 14.0 Å². The van der Waals surface area contributed by atoms with Crippen LogP contribution in [0.3, 0.4) is 0 Å². The number of carbonyl (C=O) groups excluding carboxylic acids is 2. The zero-order chi connectivity index (χ0) is 19.2. The van der Waals surface area contributed by atoms with Gasteiger partial charge in [-0.05, 0) is 48.5 Å². The van der Waals surface area contributed by atoms with Crippen molar-refractivity contribution in [3.8, 4) is 6.07 Å². The van der Waals surface area contributed by atoms with Crippen LogP contribution < -0.4 is 5.32 Å². The molecule has 1 N–H and O–H groups in total. The lowest BCUT2D eigenvalue weighted by atomic mass is 10.2. The molecule has 3 rings (SSSR count). The Hall–Kier alpha value is -2.50. The number of nitriles is 1. The van der Waals surface area contributed by atoms with Crippen LogP contribution in [-0.2, 0) is 9.59 Å². The van der Waals surface area contributed by atoms with Gasteiger partial charge in [-0.3, -0.25) is 9.59 Å². The van der Waals surface area contributed by atoms with Crippen molar-refractivity contribution in [3.63, 3.8) is 0 Å². The van der Waals surface area contributed by atoms with Crippen molar-refractivity contribution in [1.29, 1.82) is 5.26 Å². The van der Waals surface area contributed by atoms with E-state index in [1.54, 1.807) is 41.3 Å². The zero-order valence-electron chi connectivity index (χ0n) is 14.2. The Morgan fingerprint density at radius 3 is 2.59 bits per heavy atom. The van der Waals surface area contributed by atoms with Crippen LogP contribution in [0.25, 0.3) is 0 Å². The fourth-order valence-corrected chi connectivity index (χ4v) is 4.48. The number of carbonyl (C=O) groups is 2. The molecular formula is C19H16FN3O2S2. The number of benzene rings is 2. The number of hydrogen-bond donors (Lipinski definition) is 1. The summed E-state index contributed by atoms with van der Waals surface area (Å²) in [5, 5.41) is 11.6. The first-order valence-corrected chi connectivity index (χ1v) is 10.3. The number of nitrogens with zero attached hydrogens (tertiary/aromatic N) is 2. The number of anilines is 1. The lowest BCUT2D eigenvalue weighted by Crippen LogP contribution is -2.45. The standard InChI is InChI=1S/C19H16FN3O2S2/c20-14-3-7-16(8-4-14)27-11-18(24)23-12-26-10-17(23)19(25)22-15-5-1-13(9-21)2-6-15/h1-8,17H,10-12H2,(H,22,25). The molecule has 1 aliphatic rings. The molecule has 1 aliphatic heterocycles. The Morgan fingerprint density at radius 2 is 1.93 bits per heavy atom. The number of rotatable bonds is 5. The van der Waals surface area contributed by atoms with Gasteiger partial charge >= 0.3 is 0 Å². The van der Waals surface area contributed by atoms with E-state index in [0.29, 0.717) is 22.9 Å². The molecule has 0 spiro atoms. The highest BCUT2D eigenvalue weighted by molar-refractivity contribution is 8.00. The highest BCUT2D eigenvalue weighted by Gasteiger charge is 2.34. The van der Waals surface area contributed by atoms with Gasteiger partial charge in [-0.25, -0.2) is 4.39 Å². The Labute approximate surface area is 164 Å². The molecule has 1 atom stereocenters. The van der Waals surface area contributed by atoms with E-state index in [1.807, 2.05) is 6.07 Å². The van der Waals surface area contributed by atoms with Gasteiger partial charge in [-0.1, -0.05) is 0 Å². The highest BCUT2D eigenvalue weighted by Crippen LogP contribution is 2.25. The van der Waals surface area contributed by atoms with Crippen molar-refractivity contribution >= 4 is 41.0 Å². The molecule has 0 bridgehead atoms. The maximum Gasteiger partial charge on any atom is 0.248 e. The number of hydrogen-bond acceptors (Lipinski definition) is 5. The second-order valence-corrected chi connectivity index (χ2v) is 7.85. The average molecular weight is 401 g/mol. The molecule has 5 nitrogen and oxygen atoms in total. The molecule has 1 unspecified atom stereocenters. The van der Waals surface area contributed by atoms with Crippen molar-refractivity contribution in [2.24, 2.45) is 0 Å². The van der Waals surface area contributed by atoms with E-state index in [1.165, 1.54) is 35.7 Å². The van der Waals surface area contributed by atoms with E-state index in [2.05, 4.69) is 5.32 Å². The monoisotopic (exact) mass is 401 g/mol. The maximum absolute atomic E-state index is 12.9. The fraction of sp³-hybridized carbons (Fsp3) is 0.211. The lowest BCUT2D eigenvalue weighted by Gasteiger charge is -2.23. The van der Waals surface area contributed by atoms with Crippen molar-refractivity contribution in [1.82, 2.24) is 4.90 Å². The molecule has 1 saturated heterocycles. The van der Waals surface area contributed by atoms with E-state index in [9.17, 15) is 14.0 Å². The van der Waals surface area contributed by atoms with Gasteiger partial charge in [0.1, 0.15) is 11.9 Å². The third-order valence-corrected chi connectivity index (χ3v) is 5.97. The summed E-state index contributed by atoms with van der Waals surface area (Å²) in [6.07, 6.45) is 0. The minimum atomic E-state index is -0.535. The van der Waals surface area contributed by atoms with Crippen LogP contribution in [0.2, 0.25) is 0 Å². The molecular weight excluding hydrogens is 385 g/mol. The summed E-state index contributed by atoms with van der Waals surface area (Å²) in [4.78, 5) is 27.5. The zero-order valence-corrected chi connectivity index (χ0v) is 15.9. The van der Waals surface area contributed by atoms with E-state index < -0.39 is 6.04 Å². The summed E-state index contributed by atoms with van der Waals surface area (Å²) in [5.74, 6) is 0.496. The minimum Gasteiger partial charge on any atom is -0.324 e. The van der Waals surface area contributed by atoms with Gasteiger partial charge in [0.25, 0.3) is 0 Å². The van der Waals surface area contributed by atoms with Gasteiger partial charge in [-0.2, -0.15) is 5.26 Å². The van der Waals surface area contributed by atoms with E-state index in [4.69, 9.17) is 5.26 Å². The van der Waals surface area contributed by atoms with Gasteiger partial charge in [-0.15, -0.1) is 23.5 Å². The number of amides is 2. The molecule has 0 saturated carbocycles. The number of thioether (sulfide) groups is 2. The molecule has 8 heteroatoms. The van der Waals surface area contributed by atoms with E-state index in [-0.39, 0.29) is 23.4 Å². The van der Waals surface area contributed by atoms with Gasteiger partial charge in [0, 0.05) is 16.3 Å². The first kappa shape index (κ1) is 19.3. The SMILES string of the molecule is N#Cc1ccc(NC(=O)C2CSCN2C(=O)CSc2ccc(F)cc2)cc1. The minimum absolute atomic E-state index is 0.130. The first-order valence-electron chi connectivity index (χ1n) is 8.13. The van der Waals surface area contributed by atoms with Crippen molar-refractivity contribution in [2.75, 3.05) is 22.7 Å². The van der Waals surface area contributed by atoms with Crippen LogP contribution in [0.1, 0.15) is 5.56 Å². The third kappa shape index (κ3) is 5.02. The van der Waals surface area contributed by atoms with E-state index >= 15 is 0 Å². The first-order chi connectivity index (χ1) is 13.1. The summed E-state index contributed by atoms with van der Waals surface area (Å²) in [5.41, 5.74) is 1.10. The molecule has 1 fully saturated rings. The predicted molar refractivity (Wildman–Crippen MR) is 105 cm³/mol. The lowest BCUT2D eigenvalue weighted by molar-refractivity contribution is -0.134. The van der Waals surface area contributed by atoms with Crippen LogP contribution >= 0.6 is 23.5 Å². The second-order valence-electron chi connectivity index (χ2n) is 5.80. The third-order valence-electron chi connectivity index (χ3n) is 3.96. The topological polar surface area (TPSA) is 73.2 Å². The molecule has 0 aromatic heterocycles. The van der Waals surface area contributed by atoms with Crippen LogP contribution in [0.5, 0.6) is 0 Å². The molecule has 27 heavy (non-hydrogen) atoms. The molecule has 0 radical (unpaired) electrons. The number of halogens is 1.